The summed E-state index contributed by atoms with van der Waals surface area (Å²) in [6, 6.07) is 7.10. The van der Waals surface area contributed by atoms with E-state index in [1.165, 1.54) is 43.2 Å². The Morgan fingerprint density at radius 2 is 1.67 bits per heavy atom. The summed E-state index contributed by atoms with van der Waals surface area (Å²) in [6.07, 6.45) is 6.71. The van der Waals surface area contributed by atoms with Crippen molar-refractivity contribution in [1.29, 1.82) is 0 Å². The molecular weight excluding hydrogens is 218 g/mol. The van der Waals surface area contributed by atoms with Crippen LogP contribution in [-0.2, 0) is 5.41 Å². The van der Waals surface area contributed by atoms with E-state index in [9.17, 15) is 0 Å². The first-order chi connectivity index (χ1) is 8.66. The summed E-state index contributed by atoms with van der Waals surface area (Å²) in [6.45, 7) is 8.98. The van der Waals surface area contributed by atoms with Gasteiger partial charge in [-0.2, -0.15) is 0 Å². The lowest BCUT2D eigenvalue weighted by atomic mass is 9.77. The molecule has 0 spiro atoms. The minimum absolute atomic E-state index is 0.409. The van der Waals surface area contributed by atoms with E-state index in [0.717, 1.165) is 13.1 Å². The molecule has 1 aromatic rings. The normalized spacial score (nSPS) is 18.2. The van der Waals surface area contributed by atoms with Crippen molar-refractivity contribution in [2.45, 2.75) is 58.3 Å². The highest BCUT2D eigenvalue weighted by atomic mass is 14.9. The van der Waals surface area contributed by atoms with Gasteiger partial charge in [0.2, 0.25) is 0 Å². The molecule has 0 heterocycles. The first-order valence-electron chi connectivity index (χ1n) is 7.46. The molecule has 0 atom stereocenters. The smallest absolute Gasteiger partial charge is 0.00779 e. The molecule has 0 radical (unpaired) electrons. The number of benzene rings is 1. The Hall–Kier alpha value is -0.820. The molecule has 0 unspecified atom stereocenters. The maximum Gasteiger partial charge on any atom is 0.00779 e. The van der Waals surface area contributed by atoms with Crippen molar-refractivity contribution in [2.75, 3.05) is 13.1 Å². The fourth-order valence-electron chi connectivity index (χ4n) is 3.40. The van der Waals surface area contributed by atoms with Gasteiger partial charge in [0, 0.05) is 12.0 Å². The Labute approximate surface area is 112 Å². The first-order valence-corrected chi connectivity index (χ1v) is 7.46. The lowest BCUT2D eigenvalue weighted by Crippen LogP contribution is -2.36. The topological polar surface area (TPSA) is 12.0 Å². The van der Waals surface area contributed by atoms with Crippen LogP contribution in [0.5, 0.6) is 0 Å². The predicted octanol–water partition coefficient (Wildman–Crippen LogP) is 4.11. The van der Waals surface area contributed by atoms with Gasteiger partial charge in [0.1, 0.15) is 0 Å². The molecule has 1 aliphatic rings. The number of hydrogen-bond acceptors (Lipinski definition) is 1. The van der Waals surface area contributed by atoms with Gasteiger partial charge in [0.25, 0.3) is 0 Å². The van der Waals surface area contributed by atoms with E-state index in [1.54, 1.807) is 5.56 Å². The standard InChI is InChI=1S/C17H27N/c1-4-9-18-13-17(7-5-6-8-17)16-11-14(2)10-15(3)12-16/h10-12,18H,4-9,13H2,1-3H3. The van der Waals surface area contributed by atoms with Crippen molar-refractivity contribution < 1.29 is 0 Å². The molecule has 0 aromatic heterocycles. The van der Waals surface area contributed by atoms with Gasteiger partial charge in [-0.1, -0.05) is 49.1 Å². The van der Waals surface area contributed by atoms with Gasteiger partial charge in [0.05, 0.1) is 0 Å². The maximum atomic E-state index is 3.66. The molecule has 2 rings (SSSR count). The summed E-state index contributed by atoms with van der Waals surface area (Å²) in [4.78, 5) is 0. The third-order valence-electron chi connectivity index (χ3n) is 4.28. The van der Waals surface area contributed by atoms with Gasteiger partial charge in [-0.25, -0.2) is 0 Å². The Morgan fingerprint density at radius 3 is 2.22 bits per heavy atom. The van der Waals surface area contributed by atoms with Crippen molar-refractivity contribution in [2.24, 2.45) is 0 Å². The quantitative estimate of drug-likeness (QED) is 0.770. The van der Waals surface area contributed by atoms with E-state index in [1.807, 2.05) is 0 Å². The average molecular weight is 245 g/mol. The predicted molar refractivity (Wildman–Crippen MR) is 79.2 cm³/mol. The van der Waals surface area contributed by atoms with E-state index < -0.39 is 0 Å². The van der Waals surface area contributed by atoms with E-state index in [2.05, 4.69) is 44.3 Å². The third-order valence-corrected chi connectivity index (χ3v) is 4.28. The molecule has 18 heavy (non-hydrogen) atoms. The number of hydrogen-bond donors (Lipinski definition) is 1. The van der Waals surface area contributed by atoms with Crippen LogP contribution in [0.3, 0.4) is 0 Å². The monoisotopic (exact) mass is 245 g/mol. The van der Waals surface area contributed by atoms with Crippen LogP contribution >= 0.6 is 0 Å². The van der Waals surface area contributed by atoms with Crippen LogP contribution in [0.25, 0.3) is 0 Å². The van der Waals surface area contributed by atoms with Gasteiger partial charge >= 0.3 is 0 Å². The maximum absolute atomic E-state index is 3.66. The zero-order valence-electron chi connectivity index (χ0n) is 12.2. The first kappa shape index (κ1) is 13.6. The van der Waals surface area contributed by atoms with Crippen LogP contribution in [0, 0.1) is 13.8 Å². The molecule has 1 aromatic carbocycles. The largest absolute Gasteiger partial charge is 0.316 e. The van der Waals surface area contributed by atoms with Crippen LogP contribution in [0.4, 0.5) is 0 Å². The minimum atomic E-state index is 0.409. The van der Waals surface area contributed by atoms with Gasteiger partial charge < -0.3 is 5.32 Å². The zero-order valence-corrected chi connectivity index (χ0v) is 12.2. The molecule has 0 bridgehead atoms. The molecule has 1 N–H and O–H groups in total. The molecule has 0 aliphatic heterocycles. The average Bonchev–Trinajstić information content (AvgIpc) is 2.78. The summed E-state index contributed by atoms with van der Waals surface area (Å²) >= 11 is 0. The van der Waals surface area contributed by atoms with Crippen molar-refractivity contribution in [3.63, 3.8) is 0 Å². The van der Waals surface area contributed by atoms with E-state index in [-0.39, 0.29) is 0 Å². The zero-order chi connectivity index (χ0) is 13.0. The number of aryl methyl sites for hydroxylation is 2. The second kappa shape index (κ2) is 5.88. The molecule has 1 heteroatoms. The second-order valence-corrected chi connectivity index (χ2v) is 6.04. The molecule has 1 fully saturated rings. The Bertz CT molecular complexity index is 368. The minimum Gasteiger partial charge on any atom is -0.316 e. The molecule has 0 saturated heterocycles. The summed E-state index contributed by atoms with van der Waals surface area (Å²) < 4.78 is 0. The van der Waals surface area contributed by atoms with Gasteiger partial charge in [-0.15, -0.1) is 0 Å². The highest BCUT2D eigenvalue weighted by molar-refractivity contribution is 5.35. The Morgan fingerprint density at radius 1 is 1.06 bits per heavy atom. The Balaban J connectivity index is 2.22. The van der Waals surface area contributed by atoms with Crippen LogP contribution in [-0.4, -0.2) is 13.1 Å². The van der Waals surface area contributed by atoms with Gasteiger partial charge in [-0.3, -0.25) is 0 Å². The van der Waals surface area contributed by atoms with Gasteiger partial charge in [-0.05, 0) is 45.2 Å². The highest BCUT2D eigenvalue weighted by Crippen LogP contribution is 2.41. The molecule has 1 saturated carbocycles. The fraction of sp³-hybridized carbons (Fsp3) is 0.647. The van der Waals surface area contributed by atoms with E-state index in [0.29, 0.717) is 5.41 Å². The molecular formula is C17H27N. The highest BCUT2D eigenvalue weighted by Gasteiger charge is 2.35. The van der Waals surface area contributed by atoms with Crippen molar-refractivity contribution in [3.8, 4) is 0 Å². The second-order valence-electron chi connectivity index (χ2n) is 6.04. The lowest BCUT2D eigenvalue weighted by molar-refractivity contribution is 0.405. The van der Waals surface area contributed by atoms with Crippen LogP contribution in [0.15, 0.2) is 18.2 Å². The van der Waals surface area contributed by atoms with Crippen LogP contribution < -0.4 is 5.32 Å². The molecule has 0 amide bonds. The summed E-state index contributed by atoms with van der Waals surface area (Å²) in [7, 11) is 0. The SMILES string of the molecule is CCCNCC1(c2cc(C)cc(C)c2)CCCC1. The van der Waals surface area contributed by atoms with E-state index >= 15 is 0 Å². The summed E-state index contributed by atoms with van der Waals surface area (Å²) in [5.74, 6) is 0. The van der Waals surface area contributed by atoms with Crippen molar-refractivity contribution in [3.05, 3.63) is 34.9 Å². The van der Waals surface area contributed by atoms with Crippen LogP contribution in [0.2, 0.25) is 0 Å². The molecule has 100 valence electrons. The fourth-order valence-corrected chi connectivity index (χ4v) is 3.40. The van der Waals surface area contributed by atoms with Crippen LogP contribution in [0.1, 0.15) is 55.7 Å². The third kappa shape index (κ3) is 2.95. The summed E-state index contributed by atoms with van der Waals surface area (Å²) in [5.41, 5.74) is 4.80. The van der Waals surface area contributed by atoms with Gasteiger partial charge in [0.15, 0.2) is 0 Å². The summed E-state index contributed by atoms with van der Waals surface area (Å²) in [5, 5.41) is 3.66. The number of nitrogens with one attached hydrogen (secondary N) is 1. The van der Waals surface area contributed by atoms with Crippen molar-refractivity contribution >= 4 is 0 Å². The Kier molecular flexibility index (Phi) is 4.45. The number of rotatable bonds is 5. The molecule has 1 nitrogen and oxygen atoms in total. The lowest BCUT2D eigenvalue weighted by Gasteiger charge is -2.31. The molecule has 1 aliphatic carbocycles. The van der Waals surface area contributed by atoms with Crippen molar-refractivity contribution in [1.82, 2.24) is 5.32 Å². The van der Waals surface area contributed by atoms with E-state index in [4.69, 9.17) is 0 Å².